The first-order valence-electron chi connectivity index (χ1n) is 10.2. The van der Waals surface area contributed by atoms with E-state index in [-0.39, 0.29) is 5.41 Å². The Morgan fingerprint density at radius 3 is 2.19 bits per heavy atom. The first-order chi connectivity index (χ1) is 15.2. The Morgan fingerprint density at radius 1 is 0.871 bits per heavy atom. The Kier molecular flexibility index (Phi) is 4.79. The minimum Gasteiger partial charge on any atom is -0.497 e. The normalized spacial score (nSPS) is 14.1. The molecule has 5 nitrogen and oxygen atoms in total. The summed E-state index contributed by atoms with van der Waals surface area (Å²) in [6.45, 7) is 0. The molecule has 0 unspecified atom stereocenters. The maximum atomic E-state index is 5.53. The van der Waals surface area contributed by atoms with Gasteiger partial charge < -0.3 is 9.47 Å². The Hall–Kier alpha value is -3.86. The molecule has 154 valence electrons. The zero-order valence-electron chi connectivity index (χ0n) is 17.5. The number of allylic oxidation sites excluding steroid dienone is 1. The number of aromatic nitrogens is 3. The minimum absolute atomic E-state index is 0.385. The van der Waals surface area contributed by atoms with Gasteiger partial charge in [-0.1, -0.05) is 42.5 Å². The second-order valence-corrected chi connectivity index (χ2v) is 7.62. The largest absolute Gasteiger partial charge is 0.497 e. The standard InChI is InChI=1S/C26H23N3O2/c1-30-20-9-5-7-18(15-20)26(19-8-6-10-21(16-19)31-2)13-12-22-24(17-26)28-29-25(22)23-11-3-4-14-27-23/h3-16H,17H2,1-2H3,(H,28,29). The van der Waals surface area contributed by atoms with Gasteiger partial charge >= 0.3 is 0 Å². The molecule has 1 N–H and O–H groups in total. The molecule has 0 fully saturated rings. The number of nitrogens with one attached hydrogen (secondary N) is 1. The van der Waals surface area contributed by atoms with Crippen LogP contribution in [0.5, 0.6) is 11.5 Å². The average molecular weight is 409 g/mol. The Labute approximate surface area is 181 Å². The predicted octanol–water partition coefficient (Wildman–Crippen LogP) is 5.04. The molecule has 0 radical (unpaired) electrons. The fraction of sp³-hybridized carbons (Fsp3) is 0.154. The van der Waals surface area contributed by atoms with Crippen molar-refractivity contribution < 1.29 is 9.47 Å². The molecular formula is C26H23N3O2. The van der Waals surface area contributed by atoms with Gasteiger partial charge in [0.1, 0.15) is 17.2 Å². The van der Waals surface area contributed by atoms with Gasteiger partial charge in [-0.3, -0.25) is 10.1 Å². The number of fused-ring (bicyclic) bond motifs is 1. The van der Waals surface area contributed by atoms with Crippen molar-refractivity contribution in [3.63, 3.8) is 0 Å². The Balaban J connectivity index is 1.67. The summed E-state index contributed by atoms with van der Waals surface area (Å²) in [5, 5.41) is 7.87. The molecule has 2 aromatic carbocycles. The number of aromatic amines is 1. The van der Waals surface area contributed by atoms with Crippen LogP contribution in [0.2, 0.25) is 0 Å². The molecule has 5 heteroatoms. The number of benzene rings is 2. The second-order valence-electron chi connectivity index (χ2n) is 7.62. The van der Waals surface area contributed by atoms with Gasteiger partial charge in [-0.25, -0.2) is 0 Å². The molecular weight excluding hydrogens is 386 g/mol. The second kappa shape index (κ2) is 7.76. The fourth-order valence-corrected chi connectivity index (χ4v) is 4.33. The van der Waals surface area contributed by atoms with Gasteiger partial charge in [0.05, 0.1) is 19.9 Å². The summed E-state index contributed by atoms with van der Waals surface area (Å²) in [7, 11) is 3.39. The van der Waals surface area contributed by atoms with Crippen LogP contribution in [0.3, 0.4) is 0 Å². The molecule has 5 rings (SSSR count). The fourth-order valence-electron chi connectivity index (χ4n) is 4.33. The lowest BCUT2D eigenvalue weighted by atomic mass is 9.68. The number of ether oxygens (including phenoxy) is 2. The lowest BCUT2D eigenvalue weighted by Gasteiger charge is -2.35. The third kappa shape index (κ3) is 3.28. The number of methoxy groups -OCH3 is 2. The minimum atomic E-state index is -0.385. The van der Waals surface area contributed by atoms with Gasteiger partial charge in [-0.05, 0) is 47.5 Å². The SMILES string of the molecule is COc1cccc(C2(c3cccc(OC)c3)C=Cc3c(-c4ccccn4)n[nH]c3C2)c1. The highest BCUT2D eigenvalue weighted by molar-refractivity contribution is 5.75. The quantitative estimate of drug-likeness (QED) is 0.501. The van der Waals surface area contributed by atoms with E-state index in [0.29, 0.717) is 0 Å². The first kappa shape index (κ1) is 19.1. The molecule has 1 aliphatic rings. The Morgan fingerprint density at radius 2 is 1.58 bits per heavy atom. The lowest BCUT2D eigenvalue weighted by Crippen LogP contribution is -2.30. The molecule has 2 heterocycles. The van der Waals surface area contributed by atoms with Crippen LogP contribution in [0.25, 0.3) is 17.5 Å². The highest BCUT2D eigenvalue weighted by Gasteiger charge is 2.37. The molecule has 0 bridgehead atoms. The van der Waals surface area contributed by atoms with Gasteiger partial charge in [0, 0.05) is 29.3 Å². The van der Waals surface area contributed by atoms with Crippen LogP contribution in [-0.4, -0.2) is 29.4 Å². The Bertz CT molecular complexity index is 1200. The summed E-state index contributed by atoms with van der Waals surface area (Å²) in [5.41, 5.74) is 5.81. The topological polar surface area (TPSA) is 60.0 Å². The zero-order valence-corrected chi connectivity index (χ0v) is 17.5. The number of pyridine rings is 1. The molecule has 0 saturated carbocycles. The van der Waals surface area contributed by atoms with Crippen molar-refractivity contribution in [2.75, 3.05) is 14.2 Å². The number of H-pyrrole nitrogens is 1. The van der Waals surface area contributed by atoms with E-state index >= 15 is 0 Å². The van der Waals surface area contributed by atoms with Crippen molar-refractivity contribution in [1.29, 1.82) is 0 Å². The van der Waals surface area contributed by atoms with Crippen molar-refractivity contribution >= 4 is 6.08 Å². The summed E-state index contributed by atoms with van der Waals surface area (Å²) < 4.78 is 11.1. The third-order valence-corrected chi connectivity index (χ3v) is 5.95. The molecule has 31 heavy (non-hydrogen) atoms. The van der Waals surface area contributed by atoms with Crippen LogP contribution in [-0.2, 0) is 11.8 Å². The molecule has 0 amide bonds. The van der Waals surface area contributed by atoms with E-state index in [9.17, 15) is 0 Å². The number of nitrogens with zero attached hydrogens (tertiary/aromatic N) is 2. The van der Waals surface area contributed by atoms with Crippen LogP contribution in [0, 0.1) is 0 Å². The molecule has 0 atom stereocenters. The average Bonchev–Trinajstić information content (AvgIpc) is 3.27. The molecule has 2 aromatic heterocycles. The monoisotopic (exact) mass is 409 g/mol. The number of hydrogen-bond acceptors (Lipinski definition) is 4. The van der Waals surface area contributed by atoms with E-state index in [4.69, 9.17) is 9.47 Å². The molecule has 1 aliphatic carbocycles. The van der Waals surface area contributed by atoms with Crippen molar-refractivity contribution in [2.24, 2.45) is 0 Å². The predicted molar refractivity (Wildman–Crippen MR) is 121 cm³/mol. The summed E-state index contributed by atoms with van der Waals surface area (Å²) in [6.07, 6.45) is 6.95. The van der Waals surface area contributed by atoms with Gasteiger partial charge in [0.25, 0.3) is 0 Å². The third-order valence-electron chi connectivity index (χ3n) is 5.95. The van der Waals surface area contributed by atoms with Crippen molar-refractivity contribution in [1.82, 2.24) is 15.2 Å². The van der Waals surface area contributed by atoms with Crippen LogP contribution in [0.1, 0.15) is 22.4 Å². The van der Waals surface area contributed by atoms with Gasteiger partial charge in [-0.15, -0.1) is 0 Å². The van der Waals surface area contributed by atoms with E-state index in [2.05, 4.69) is 51.6 Å². The van der Waals surface area contributed by atoms with Crippen molar-refractivity contribution in [3.05, 3.63) is 101 Å². The summed E-state index contributed by atoms with van der Waals surface area (Å²) in [4.78, 5) is 4.48. The van der Waals surface area contributed by atoms with Crippen LogP contribution in [0.4, 0.5) is 0 Å². The van der Waals surface area contributed by atoms with E-state index in [1.807, 2.05) is 42.5 Å². The first-order valence-corrected chi connectivity index (χ1v) is 10.2. The van der Waals surface area contributed by atoms with Crippen molar-refractivity contribution in [2.45, 2.75) is 11.8 Å². The smallest absolute Gasteiger partial charge is 0.119 e. The van der Waals surface area contributed by atoms with Gasteiger partial charge in [0.15, 0.2) is 0 Å². The number of rotatable bonds is 5. The van der Waals surface area contributed by atoms with Crippen LogP contribution < -0.4 is 9.47 Å². The van der Waals surface area contributed by atoms with E-state index in [1.165, 1.54) is 0 Å². The maximum absolute atomic E-state index is 5.53. The highest BCUT2D eigenvalue weighted by Crippen LogP contribution is 2.44. The summed E-state index contributed by atoms with van der Waals surface area (Å²) in [6, 6.07) is 22.4. The van der Waals surface area contributed by atoms with Gasteiger partial charge in [-0.2, -0.15) is 5.10 Å². The molecule has 4 aromatic rings. The van der Waals surface area contributed by atoms with E-state index in [1.54, 1.807) is 20.4 Å². The zero-order chi connectivity index (χ0) is 21.3. The maximum Gasteiger partial charge on any atom is 0.119 e. The summed E-state index contributed by atoms with van der Waals surface area (Å²) >= 11 is 0. The molecule has 0 aliphatic heterocycles. The van der Waals surface area contributed by atoms with Crippen LogP contribution >= 0.6 is 0 Å². The van der Waals surface area contributed by atoms with Crippen LogP contribution in [0.15, 0.2) is 79.0 Å². The lowest BCUT2D eigenvalue weighted by molar-refractivity contribution is 0.411. The summed E-state index contributed by atoms with van der Waals surface area (Å²) in [5.74, 6) is 1.66. The van der Waals surface area contributed by atoms with E-state index in [0.717, 1.165) is 51.7 Å². The van der Waals surface area contributed by atoms with Gasteiger partial charge in [0.2, 0.25) is 0 Å². The highest BCUT2D eigenvalue weighted by atomic mass is 16.5. The number of hydrogen-bond donors (Lipinski definition) is 1. The van der Waals surface area contributed by atoms with Crippen molar-refractivity contribution in [3.8, 4) is 22.9 Å². The molecule has 0 spiro atoms. The van der Waals surface area contributed by atoms with E-state index < -0.39 is 0 Å². The molecule has 0 saturated heterocycles.